The van der Waals surface area contributed by atoms with E-state index < -0.39 is 0 Å². The van der Waals surface area contributed by atoms with E-state index in [4.69, 9.17) is 14.2 Å². The number of carbonyl (C=O) groups is 2. The first-order valence-electron chi connectivity index (χ1n) is 10.5. The molecular weight excluding hydrogens is 396 g/mol. The van der Waals surface area contributed by atoms with Gasteiger partial charge in [-0.15, -0.1) is 0 Å². The largest absolute Gasteiger partial charge is 0.497 e. The van der Waals surface area contributed by atoms with Gasteiger partial charge in [-0.25, -0.2) is 0 Å². The van der Waals surface area contributed by atoms with Gasteiger partial charge in [0, 0.05) is 30.6 Å². The molecule has 0 aromatic heterocycles. The Morgan fingerprint density at radius 3 is 2.39 bits per heavy atom. The van der Waals surface area contributed by atoms with Crippen molar-refractivity contribution in [3.63, 3.8) is 0 Å². The molecule has 1 aliphatic rings. The van der Waals surface area contributed by atoms with E-state index in [0.29, 0.717) is 43.2 Å². The number of piperidine rings is 1. The number of amides is 2. The third-order valence-electron chi connectivity index (χ3n) is 5.59. The lowest BCUT2D eigenvalue weighted by Crippen LogP contribution is -2.44. The minimum atomic E-state index is -0.202. The highest BCUT2D eigenvalue weighted by Gasteiger charge is 2.28. The van der Waals surface area contributed by atoms with Gasteiger partial charge in [0.05, 0.1) is 20.3 Å². The van der Waals surface area contributed by atoms with Crippen LogP contribution in [0, 0.1) is 5.92 Å². The van der Waals surface area contributed by atoms with Gasteiger partial charge in [0.15, 0.2) is 6.61 Å². The van der Waals surface area contributed by atoms with Crippen molar-refractivity contribution in [1.82, 2.24) is 10.2 Å². The molecule has 0 bridgehead atoms. The summed E-state index contributed by atoms with van der Waals surface area (Å²) in [5, 5.41) is 3.08. The van der Waals surface area contributed by atoms with Gasteiger partial charge < -0.3 is 24.4 Å². The maximum Gasteiger partial charge on any atom is 0.260 e. The van der Waals surface area contributed by atoms with Crippen LogP contribution in [0.1, 0.15) is 31.4 Å². The maximum absolute atomic E-state index is 12.8. The molecule has 1 fully saturated rings. The van der Waals surface area contributed by atoms with Crippen LogP contribution in [0.3, 0.4) is 0 Å². The zero-order chi connectivity index (χ0) is 22.2. The van der Waals surface area contributed by atoms with E-state index in [1.807, 2.05) is 49.4 Å². The Morgan fingerprint density at radius 2 is 1.74 bits per heavy atom. The Balaban J connectivity index is 1.48. The van der Waals surface area contributed by atoms with Crippen LogP contribution >= 0.6 is 0 Å². The Kier molecular flexibility index (Phi) is 7.76. The van der Waals surface area contributed by atoms with Crippen molar-refractivity contribution < 1.29 is 23.8 Å². The van der Waals surface area contributed by atoms with Crippen LogP contribution in [-0.2, 0) is 9.59 Å². The number of rotatable bonds is 8. The van der Waals surface area contributed by atoms with E-state index in [0.717, 1.165) is 5.56 Å². The van der Waals surface area contributed by atoms with Crippen molar-refractivity contribution in [2.45, 2.75) is 25.8 Å². The normalized spacial score (nSPS) is 15.1. The number of methoxy groups -OCH3 is 2. The highest BCUT2D eigenvalue weighted by Crippen LogP contribution is 2.30. The van der Waals surface area contributed by atoms with Crippen molar-refractivity contribution >= 4 is 11.8 Å². The molecule has 3 rings (SSSR count). The first kappa shape index (κ1) is 22.5. The van der Waals surface area contributed by atoms with Gasteiger partial charge >= 0.3 is 0 Å². The number of para-hydroxylation sites is 1. The van der Waals surface area contributed by atoms with Crippen LogP contribution in [0.15, 0.2) is 48.5 Å². The fourth-order valence-corrected chi connectivity index (χ4v) is 3.73. The minimum Gasteiger partial charge on any atom is -0.497 e. The van der Waals surface area contributed by atoms with E-state index in [-0.39, 0.29) is 30.4 Å². The topological polar surface area (TPSA) is 77.1 Å². The maximum atomic E-state index is 12.8. The number of nitrogens with one attached hydrogen (secondary N) is 1. The molecular formula is C24H30N2O5. The second kappa shape index (κ2) is 10.7. The average Bonchev–Trinajstić information content (AvgIpc) is 2.82. The van der Waals surface area contributed by atoms with Gasteiger partial charge in [-0.2, -0.15) is 0 Å². The summed E-state index contributed by atoms with van der Waals surface area (Å²) in [5.41, 5.74) is 0.891. The molecule has 1 unspecified atom stereocenters. The predicted octanol–water partition coefficient (Wildman–Crippen LogP) is 3.20. The second-order valence-electron chi connectivity index (χ2n) is 7.59. The monoisotopic (exact) mass is 426 g/mol. The lowest BCUT2D eigenvalue weighted by Gasteiger charge is -2.32. The van der Waals surface area contributed by atoms with Crippen LogP contribution in [0.2, 0.25) is 0 Å². The molecule has 0 saturated carbocycles. The van der Waals surface area contributed by atoms with Crippen LogP contribution in [-0.4, -0.2) is 50.6 Å². The fraction of sp³-hybridized carbons (Fsp3) is 0.417. The molecule has 2 aromatic rings. The van der Waals surface area contributed by atoms with Gasteiger partial charge in [0.25, 0.3) is 5.91 Å². The van der Waals surface area contributed by atoms with Crippen molar-refractivity contribution in [3.8, 4) is 17.2 Å². The number of benzene rings is 2. The highest BCUT2D eigenvalue weighted by molar-refractivity contribution is 5.81. The fourth-order valence-electron chi connectivity index (χ4n) is 3.73. The quantitative estimate of drug-likeness (QED) is 0.702. The van der Waals surface area contributed by atoms with Gasteiger partial charge in [-0.3, -0.25) is 9.59 Å². The summed E-state index contributed by atoms with van der Waals surface area (Å²) >= 11 is 0. The van der Waals surface area contributed by atoms with Crippen LogP contribution in [0.25, 0.3) is 0 Å². The molecule has 1 heterocycles. The third-order valence-corrected chi connectivity index (χ3v) is 5.59. The molecule has 166 valence electrons. The molecule has 31 heavy (non-hydrogen) atoms. The number of carbonyl (C=O) groups excluding carboxylic acids is 2. The molecule has 7 heteroatoms. The SMILES string of the molecule is COc1ccc(C(C)NC(=O)C2CCN(C(=O)COc3ccccc3)CC2)c(OC)c1. The summed E-state index contributed by atoms with van der Waals surface area (Å²) in [6, 6.07) is 14.6. The number of nitrogens with zero attached hydrogens (tertiary/aromatic N) is 1. The number of ether oxygens (including phenoxy) is 3. The summed E-state index contributed by atoms with van der Waals surface area (Å²) in [5.74, 6) is 1.87. The lowest BCUT2D eigenvalue weighted by molar-refractivity contribution is -0.137. The van der Waals surface area contributed by atoms with Crippen LogP contribution < -0.4 is 19.5 Å². The van der Waals surface area contributed by atoms with Crippen molar-refractivity contribution in [1.29, 1.82) is 0 Å². The number of hydrogen-bond donors (Lipinski definition) is 1. The highest BCUT2D eigenvalue weighted by atomic mass is 16.5. The summed E-state index contributed by atoms with van der Waals surface area (Å²) in [7, 11) is 3.20. The number of hydrogen-bond acceptors (Lipinski definition) is 5. The Bertz CT molecular complexity index is 879. The molecule has 0 aliphatic carbocycles. The van der Waals surface area contributed by atoms with E-state index in [1.54, 1.807) is 25.2 Å². The van der Waals surface area contributed by atoms with Crippen LogP contribution in [0.5, 0.6) is 17.2 Å². The Hall–Kier alpha value is -3.22. The van der Waals surface area contributed by atoms with Gasteiger partial charge in [-0.1, -0.05) is 18.2 Å². The van der Waals surface area contributed by atoms with Crippen molar-refractivity contribution in [2.24, 2.45) is 5.92 Å². The molecule has 2 amide bonds. The minimum absolute atomic E-state index is 0.00185. The van der Waals surface area contributed by atoms with E-state index >= 15 is 0 Å². The van der Waals surface area contributed by atoms with E-state index in [9.17, 15) is 9.59 Å². The molecule has 1 saturated heterocycles. The molecule has 1 atom stereocenters. The summed E-state index contributed by atoms with van der Waals surface area (Å²) in [6.07, 6.45) is 1.27. The van der Waals surface area contributed by atoms with Gasteiger partial charge in [0.1, 0.15) is 17.2 Å². The second-order valence-corrected chi connectivity index (χ2v) is 7.59. The van der Waals surface area contributed by atoms with Crippen molar-refractivity contribution in [2.75, 3.05) is 33.9 Å². The smallest absolute Gasteiger partial charge is 0.260 e. The Labute approximate surface area is 183 Å². The number of likely N-dealkylation sites (tertiary alicyclic amines) is 1. The zero-order valence-corrected chi connectivity index (χ0v) is 18.3. The predicted molar refractivity (Wildman–Crippen MR) is 117 cm³/mol. The first-order chi connectivity index (χ1) is 15.0. The molecule has 7 nitrogen and oxygen atoms in total. The summed E-state index contributed by atoms with van der Waals surface area (Å²) < 4.78 is 16.2. The molecule has 2 aromatic carbocycles. The van der Waals surface area contributed by atoms with Gasteiger partial charge in [0.2, 0.25) is 5.91 Å². The summed E-state index contributed by atoms with van der Waals surface area (Å²) in [6.45, 7) is 3.04. The average molecular weight is 427 g/mol. The Morgan fingerprint density at radius 1 is 1.03 bits per heavy atom. The molecule has 0 radical (unpaired) electrons. The molecule has 1 aliphatic heterocycles. The molecule has 0 spiro atoms. The summed E-state index contributed by atoms with van der Waals surface area (Å²) in [4.78, 5) is 27.0. The standard InChI is InChI=1S/C24H30N2O5/c1-17(21-10-9-20(29-2)15-22(21)30-3)25-24(28)18-11-13-26(14-12-18)23(27)16-31-19-7-5-4-6-8-19/h4-10,15,17-18H,11-14,16H2,1-3H3,(H,25,28). The molecule has 1 N–H and O–H groups in total. The van der Waals surface area contributed by atoms with E-state index in [2.05, 4.69) is 5.32 Å². The first-order valence-corrected chi connectivity index (χ1v) is 10.5. The lowest BCUT2D eigenvalue weighted by atomic mass is 9.95. The third kappa shape index (κ3) is 5.90. The zero-order valence-electron chi connectivity index (χ0n) is 18.3. The van der Waals surface area contributed by atoms with Crippen LogP contribution in [0.4, 0.5) is 0 Å². The van der Waals surface area contributed by atoms with Crippen molar-refractivity contribution in [3.05, 3.63) is 54.1 Å². The van der Waals surface area contributed by atoms with Gasteiger partial charge in [-0.05, 0) is 44.0 Å². The van der Waals surface area contributed by atoms with E-state index in [1.165, 1.54) is 0 Å².